The molecule has 3 heterocycles. The van der Waals surface area contributed by atoms with Crippen molar-refractivity contribution in [2.24, 2.45) is 0 Å². The molecule has 1 aliphatic heterocycles. The summed E-state index contributed by atoms with van der Waals surface area (Å²) in [6, 6.07) is 33.0. The second-order valence-electron chi connectivity index (χ2n) is 12.2. The third kappa shape index (κ3) is 6.88. The molecule has 0 bridgehead atoms. The number of carbonyl (C=O) groups excluding carboxylic acids is 1. The van der Waals surface area contributed by atoms with Gasteiger partial charge in [-0.2, -0.15) is 4.98 Å². The zero-order valence-electron chi connectivity index (χ0n) is 25.6. The van der Waals surface area contributed by atoms with Gasteiger partial charge in [0.1, 0.15) is 18.8 Å². The molecule has 0 spiro atoms. The van der Waals surface area contributed by atoms with E-state index in [9.17, 15) is 4.79 Å². The Morgan fingerprint density at radius 2 is 1.43 bits per heavy atom. The van der Waals surface area contributed by atoms with Gasteiger partial charge in [-0.1, -0.05) is 72.8 Å². The van der Waals surface area contributed by atoms with Crippen molar-refractivity contribution in [2.75, 3.05) is 13.1 Å². The van der Waals surface area contributed by atoms with Gasteiger partial charge in [0.2, 0.25) is 11.8 Å². The Morgan fingerprint density at radius 3 is 2.09 bits per heavy atom. The number of nitrogens with zero attached hydrogens (tertiary/aromatic N) is 3. The van der Waals surface area contributed by atoms with E-state index in [2.05, 4.69) is 35.0 Å². The van der Waals surface area contributed by atoms with Crippen LogP contribution in [0.5, 0.6) is 11.8 Å². The van der Waals surface area contributed by atoms with Crippen LogP contribution >= 0.6 is 0 Å². The fourth-order valence-electron chi connectivity index (χ4n) is 5.67. The van der Waals surface area contributed by atoms with Gasteiger partial charge in [0.25, 0.3) is 0 Å². The number of piperidine rings is 1. The second-order valence-corrected chi connectivity index (χ2v) is 12.2. The molecule has 3 aromatic carbocycles. The first-order valence-corrected chi connectivity index (χ1v) is 15.3. The van der Waals surface area contributed by atoms with Gasteiger partial charge in [0.05, 0.1) is 0 Å². The van der Waals surface area contributed by atoms with E-state index in [-0.39, 0.29) is 6.09 Å². The molecule has 1 aliphatic rings. The number of amides is 1. The number of rotatable bonds is 8. The van der Waals surface area contributed by atoms with E-state index in [0.29, 0.717) is 44.1 Å². The zero-order chi connectivity index (χ0) is 30.5. The summed E-state index contributed by atoms with van der Waals surface area (Å²) in [6.45, 7) is 7.88. The first-order chi connectivity index (χ1) is 21.3. The van der Waals surface area contributed by atoms with Crippen LogP contribution in [0.1, 0.15) is 50.8 Å². The molecular formula is C37H39N3O4. The number of aromatic nitrogens is 2. The molecule has 226 valence electrons. The summed E-state index contributed by atoms with van der Waals surface area (Å²) in [7, 11) is 0. The Labute approximate surface area is 259 Å². The van der Waals surface area contributed by atoms with Crippen molar-refractivity contribution >= 4 is 17.0 Å². The third-order valence-corrected chi connectivity index (χ3v) is 7.85. The molecule has 5 aromatic rings. The highest BCUT2D eigenvalue weighted by molar-refractivity contribution is 5.96. The van der Waals surface area contributed by atoms with Crippen molar-refractivity contribution in [3.05, 3.63) is 114 Å². The van der Waals surface area contributed by atoms with Crippen LogP contribution in [0.3, 0.4) is 0 Å². The van der Waals surface area contributed by atoms with E-state index in [1.54, 1.807) is 0 Å². The molecule has 7 heteroatoms. The maximum absolute atomic E-state index is 12.6. The van der Waals surface area contributed by atoms with E-state index in [0.717, 1.165) is 46.0 Å². The van der Waals surface area contributed by atoms with Gasteiger partial charge >= 0.3 is 6.09 Å². The van der Waals surface area contributed by atoms with Crippen molar-refractivity contribution in [1.82, 2.24) is 14.5 Å². The minimum absolute atomic E-state index is 0.234. The van der Waals surface area contributed by atoms with Gasteiger partial charge in [-0.15, -0.1) is 0 Å². The first kappa shape index (κ1) is 29.3. The Kier molecular flexibility index (Phi) is 8.55. The summed E-state index contributed by atoms with van der Waals surface area (Å²) in [5, 5.41) is 1.13. The molecule has 0 unspecified atom stereocenters. The smallest absolute Gasteiger partial charge is 0.410 e. The fourth-order valence-corrected chi connectivity index (χ4v) is 5.67. The molecule has 44 heavy (non-hydrogen) atoms. The molecule has 0 aliphatic carbocycles. The highest BCUT2D eigenvalue weighted by atomic mass is 16.6. The lowest BCUT2D eigenvalue weighted by Gasteiger charge is -2.34. The molecule has 1 fully saturated rings. The van der Waals surface area contributed by atoms with Crippen molar-refractivity contribution < 1.29 is 19.0 Å². The molecule has 2 aromatic heterocycles. The number of benzene rings is 3. The molecule has 0 atom stereocenters. The zero-order valence-corrected chi connectivity index (χ0v) is 25.6. The van der Waals surface area contributed by atoms with Crippen LogP contribution < -0.4 is 9.47 Å². The number of hydrogen-bond donors (Lipinski definition) is 0. The van der Waals surface area contributed by atoms with E-state index in [1.165, 1.54) is 0 Å². The molecule has 1 amide bonds. The Hall–Kier alpha value is -4.78. The van der Waals surface area contributed by atoms with Gasteiger partial charge in [0, 0.05) is 47.9 Å². The van der Waals surface area contributed by atoms with Crippen molar-refractivity contribution in [3.8, 4) is 22.9 Å². The lowest BCUT2D eigenvalue weighted by molar-refractivity contribution is 0.0189. The van der Waals surface area contributed by atoms with Crippen molar-refractivity contribution in [3.63, 3.8) is 0 Å². The van der Waals surface area contributed by atoms with Crippen LogP contribution in [0.15, 0.2) is 103 Å². The molecule has 7 nitrogen and oxygen atoms in total. The lowest BCUT2D eigenvalue weighted by atomic mass is 10.0. The van der Waals surface area contributed by atoms with E-state index >= 15 is 0 Å². The Morgan fingerprint density at radius 1 is 0.773 bits per heavy atom. The fraction of sp³-hybridized carbons (Fsp3) is 0.297. The second kappa shape index (κ2) is 12.8. The normalized spacial score (nSPS) is 14.0. The quantitative estimate of drug-likeness (QED) is 0.182. The maximum atomic E-state index is 12.6. The standard InChI is InChI=1S/C37H39N3O4/c1-37(2,3)44-36(41)39-22-19-29(20-23-39)40-24-21-31-30(15-10-16-33(31)40)32-17-18-34(42-25-27-11-6-4-7-12-27)38-35(32)43-26-28-13-8-5-9-14-28/h4-18,21,24,29H,19-20,22-23,25-26H2,1-3H3. The minimum atomic E-state index is -0.494. The summed E-state index contributed by atoms with van der Waals surface area (Å²) in [5.74, 6) is 1.05. The van der Waals surface area contributed by atoms with Crippen LogP contribution in [-0.4, -0.2) is 39.2 Å². The number of pyridine rings is 1. The van der Waals surface area contributed by atoms with Gasteiger partial charge < -0.3 is 23.7 Å². The number of likely N-dealkylation sites (tertiary alicyclic amines) is 1. The first-order valence-electron chi connectivity index (χ1n) is 15.3. The predicted molar refractivity (Wildman–Crippen MR) is 173 cm³/mol. The summed E-state index contributed by atoms with van der Waals surface area (Å²) in [4.78, 5) is 19.3. The minimum Gasteiger partial charge on any atom is -0.473 e. The van der Waals surface area contributed by atoms with Crippen LogP contribution in [0, 0.1) is 0 Å². The van der Waals surface area contributed by atoms with Crippen molar-refractivity contribution in [1.29, 1.82) is 0 Å². The SMILES string of the molecule is CC(C)(C)OC(=O)N1CCC(n2ccc3c(-c4ccc(OCc5ccccc5)nc4OCc4ccccc4)cccc32)CC1. The van der Waals surface area contributed by atoms with E-state index < -0.39 is 5.60 Å². The maximum Gasteiger partial charge on any atom is 0.410 e. The van der Waals surface area contributed by atoms with Crippen LogP contribution in [0.4, 0.5) is 4.79 Å². The summed E-state index contributed by atoms with van der Waals surface area (Å²) in [5.41, 5.74) is 4.77. The number of ether oxygens (including phenoxy) is 3. The molecular weight excluding hydrogens is 550 g/mol. The average molecular weight is 590 g/mol. The number of fused-ring (bicyclic) bond motifs is 1. The van der Waals surface area contributed by atoms with Crippen molar-refractivity contribution in [2.45, 2.75) is 58.5 Å². The Bertz CT molecular complexity index is 1700. The van der Waals surface area contributed by atoms with Gasteiger partial charge in [0.15, 0.2) is 0 Å². The molecule has 0 N–H and O–H groups in total. The van der Waals surface area contributed by atoms with Gasteiger partial charge in [-0.3, -0.25) is 0 Å². The molecule has 1 saturated heterocycles. The molecule has 0 saturated carbocycles. The highest BCUT2D eigenvalue weighted by Gasteiger charge is 2.28. The summed E-state index contributed by atoms with van der Waals surface area (Å²) in [6.07, 6.45) is 3.67. The summed E-state index contributed by atoms with van der Waals surface area (Å²) >= 11 is 0. The van der Waals surface area contributed by atoms with Crippen LogP contribution in [-0.2, 0) is 18.0 Å². The largest absolute Gasteiger partial charge is 0.473 e. The number of hydrogen-bond acceptors (Lipinski definition) is 5. The van der Waals surface area contributed by atoms with Gasteiger partial charge in [-0.05, 0) is 68.5 Å². The number of carbonyl (C=O) groups is 1. The molecule has 6 rings (SSSR count). The van der Waals surface area contributed by atoms with E-state index in [1.807, 2.05) is 98.5 Å². The van der Waals surface area contributed by atoms with Crippen LogP contribution in [0.25, 0.3) is 22.0 Å². The van der Waals surface area contributed by atoms with E-state index in [4.69, 9.17) is 19.2 Å². The van der Waals surface area contributed by atoms with Gasteiger partial charge in [-0.25, -0.2) is 4.79 Å². The summed E-state index contributed by atoms with van der Waals surface area (Å²) < 4.78 is 20.4. The Balaban J connectivity index is 1.26. The topological polar surface area (TPSA) is 65.8 Å². The lowest BCUT2D eigenvalue weighted by Crippen LogP contribution is -2.42. The third-order valence-electron chi connectivity index (χ3n) is 7.85. The predicted octanol–water partition coefficient (Wildman–Crippen LogP) is 8.43. The highest BCUT2D eigenvalue weighted by Crippen LogP contribution is 2.38. The van der Waals surface area contributed by atoms with Crippen LogP contribution in [0.2, 0.25) is 0 Å². The molecule has 0 radical (unpaired) electrons. The average Bonchev–Trinajstić information content (AvgIpc) is 3.48. The monoisotopic (exact) mass is 589 g/mol.